The van der Waals surface area contributed by atoms with Crippen LogP contribution in [0, 0.1) is 11.7 Å². The fourth-order valence-electron chi connectivity index (χ4n) is 1.23. The third-order valence-electron chi connectivity index (χ3n) is 2.32. The van der Waals surface area contributed by atoms with Gasteiger partial charge in [-0.2, -0.15) is 0 Å². The molecule has 102 valence electrons. The van der Waals surface area contributed by atoms with Crippen molar-refractivity contribution in [1.82, 2.24) is 4.72 Å². The molecule has 4 nitrogen and oxygen atoms in total. The number of nitrogens with one attached hydrogen (secondary N) is 1. The van der Waals surface area contributed by atoms with Gasteiger partial charge in [0.2, 0.25) is 10.0 Å². The van der Waals surface area contributed by atoms with Gasteiger partial charge in [0.25, 0.3) is 0 Å². The molecule has 1 unspecified atom stereocenters. The molecule has 0 heterocycles. The van der Waals surface area contributed by atoms with E-state index >= 15 is 0 Å². The van der Waals surface area contributed by atoms with Crippen LogP contribution in [0.2, 0.25) is 0 Å². The van der Waals surface area contributed by atoms with Crippen LogP contribution in [-0.4, -0.2) is 26.7 Å². The minimum atomic E-state index is -3.49. The molecule has 0 radical (unpaired) electrons. The molecule has 18 heavy (non-hydrogen) atoms. The summed E-state index contributed by atoms with van der Waals surface area (Å²) >= 11 is 3.12. The van der Waals surface area contributed by atoms with Crippen LogP contribution in [0.1, 0.15) is 12.5 Å². The van der Waals surface area contributed by atoms with Crippen molar-refractivity contribution >= 4 is 26.0 Å². The van der Waals surface area contributed by atoms with Crippen LogP contribution < -0.4 is 4.72 Å². The lowest BCUT2D eigenvalue weighted by atomic mass is 10.2. The van der Waals surface area contributed by atoms with Gasteiger partial charge in [-0.3, -0.25) is 0 Å². The van der Waals surface area contributed by atoms with Crippen LogP contribution in [0.25, 0.3) is 0 Å². The first-order chi connectivity index (χ1) is 8.34. The lowest BCUT2D eigenvalue weighted by Crippen LogP contribution is -2.30. The molecule has 0 aliphatic rings. The third-order valence-corrected chi connectivity index (χ3v) is 4.36. The number of hydrogen-bond donors (Lipinski definition) is 2. The predicted octanol–water partition coefficient (Wildman–Crippen LogP) is 1.64. The highest BCUT2D eigenvalue weighted by Crippen LogP contribution is 2.19. The van der Waals surface area contributed by atoms with Crippen molar-refractivity contribution in [2.45, 2.75) is 12.7 Å². The smallest absolute Gasteiger partial charge is 0.215 e. The summed E-state index contributed by atoms with van der Waals surface area (Å²) in [4.78, 5) is 0. The van der Waals surface area contributed by atoms with Crippen LogP contribution in [-0.2, 0) is 15.8 Å². The molecule has 1 aromatic rings. The molecule has 0 saturated heterocycles. The van der Waals surface area contributed by atoms with E-state index in [1.807, 2.05) is 0 Å². The van der Waals surface area contributed by atoms with Gasteiger partial charge in [-0.1, -0.05) is 28.9 Å². The van der Waals surface area contributed by atoms with E-state index in [1.165, 1.54) is 18.2 Å². The topological polar surface area (TPSA) is 66.4 Å². The van der Waals surface area contributed by atoms with Crippen molar-refractivity contribution in [3.8, 4) is 0 Å². The zero-order chi connectivity index (χ0) is 13.8. The number of aliphatic hydroxyl groups excluding tert-OH is 1. The lowest BCUT2D eigenvalue weighted by Gasteiger charge is -2.11. The minimum Gasteiger partial charge on any atom is -0.396 e. The molecule has 2 N–H and O–H groups in total. The Morgan fingerprint density at radius 2 is 2.17 bits per heavy atom. The van der Waals surface area contributed by atoms with E-state index in [4.69, 9.17) is 5.11 Å². The quantitative estimate of drug-likeness (QED) is 0.827. The van der Waals surface area contributed by atoms with Crippen molar-refractivity contribution < 1.29 is 17.9 Å². The fraction of sp³-hybridized carbons (Fsp3) is 0.455. The Morgan fingerprint density at radius 3 is 2.72 bits per heavy atom. The van der Waals surface area contributed by atoms with Gasteiger partial charge in [0, 0.05) is 17.6 Å². The first kappa shape index (κ1) is 15.6. The van der Waals surface area contributed by atoms with E-state index in [9.17, 15) is 12.8 Å². The number of aliphatic hydroxyl groups is 1. The summed E-state index contributed by atoms with van der Waals surface area (Å²) < 4.78 is 39.2. The van der Waals surface area contributed by atoms with Gasteiger partial charge < -0.3 is 5.11 Å². The van der Waals surface area contributed by atoms with E-state index in [0.717, 1.165) is 0 Å². The molecular formula is C11H15BrFNO3S. The average molecular weight is 340 g/mol. The van der Waals surface area contributed by atoms with E-state index in [-0.39, 0.29) is 24.8 Å². The second kappa shape index (κ2) is 6.60. The number of sulfonamides is 1. The number of benzene rings is 1. The van der Waals surface area contributed by atoms with Crippen LogP contribution in [0.4, 0.5) is 4.39 Å². The Kier molecular flexibility index (Phi) is 5.71. The lowest BCUT2D eigenvalue weighted by molar-refractivity contribution is 0.238. The molecule has 0 amide bonds. The van der Waals surface area contributed by atoms with E-state index in [1.54, 1.807) is 6.92 Å². The first-order valence-corrected chi connectivity index (χ1v) is 7.80. The molecule has 0 aliphatic carbocycles. The molecule has 0 bridgehead atoms. The summed E-state index contributed by atoms with van der Waals surface area (Å²) in [6.07, 6.45) is 0. The maximum Gasteiger partial charge on any atom is 0.215 e. The molecule has 0 aliphatic heterocycles. The Hall–Kier alpha value is -0.500. The third kappa shape index (κ3) is 5.01. The molecule has 1 rings (SSSR count). The molecule has 0 aromatic heterocycles. The van der Waals surface area contributed by atoms with E-state index in [0.29, 0.717) is 10.0 Å². The molecule has 1 atom stereocenters. The molecule has 7 heteroatoms. The minimum absolute atomic E-state index is 0.0806. The maximum atomic E-state index is 12.9. The number of rotatable bonds is 6. The maximum absolute atomic E-state index is 12.9. The second-order valence-corrected chi connectivity index (χ2v) is 6.79. The summed E-state index contributed by atoms with van der Waals surface area (Å²) in [5, 5.41) is 8.81. The highest BCUT2D eigenvalue weighted by Gasteiger charge is 2.15. The highest BCUT2D eigenvalue weighted by atomic mass is 79.9. The van der Waals surface area contributed by atoms with Crippen LogP contribution in [0.3, 0.4) is 0 Å². The molecule has 1 aromatic carbocycles. The van der Waals surface area contributed by atoms with Gasteiger partial charge in [0.05, 0.1) is 5.75 Å². The van der Waals surface area contributed by atoms with Gasteiger partial charge in [-0.05, 0) is 23.6 Å². The standard InChI is InChI=1S/C11H15BrFNO3S/c1-8(6-15)5-14-18(16,17)7-9-2-3-10(13)4-11(9)12/h2-4,8,14-15H,5-7H2,1H3. The zero-order valence-electron chi connectivity index (χ0n) is 9.86. The summed E-state index contributed by atoms with van der Waals surface area (Å²) in [5.74, 6) is -0.798. The van der Waals surface area contributed by atoms with Gasteiger partial charge in [0.1, 0.15) is 5.82 Å². The van der Waals surface area contributed by atoms with Gasteiger partial charge in [-0.25, -0.2) is 17.5 Å². The molecule has 0 fully saturated rings. The number of halogens is 2. The largest absolute Gasteiger partial charge is 0.396 e. The predicted molar refractivity (Wildman–Crippen MR) is 71.0 cm³/mol. The summed E-state index contributed by atoms with van der Waals surface area (Å²) in [6.45, 7) is 1.83. The molecule has 0 spiro atoms. The summed E-state index contributed by atoms with van der Waals surface area (Å²) in [7, 11) is -3.49. The fourth-order valence-corrected chi connectivity index (χ4v) is 3.21. The van der Waals surface area contributed by atoms with Crippen molar-refractivity contribution in [1.29, 1.82) is 0 Å². The van der Waals surface area contributed by atoms with Gasteiger partial charge in [0.15, 0.2) is 0 Å². The summed E-state index contributed by atoms with van der Waals surface area (Å²) in [6, 6.07) is 3.86. The monoisotopic (exact) mass is 339 g/mol. The van der Waals surface area contributed by atoms with Crippen molar-refractivity contribution in [2.75, 3.05) is 13.2 Å². The second-order valence-electron chi connectivity index (χ2n) is 4.13. The van der Waals surface area contributed by atoms with Crippen molar-refractivity contribution in [3.05, 3.63) is 34.1 Å². The van der Waals surface area contributed by atoms with E-state index < -0.39 is 15.8 Å². The van der Waals surface area contributed by atoms with Crippen molar-refractivity contribution in [2.24, 2.45) is 5.92 Å². The Bertz CT molecular complexity index is 507. The van der Waals surface area contributed by atoms with Crippen molar-refractivity contribution in [3.63, 3.8) is 0 Å². The van der Waals surface area contributed by atoms with Gasteiger partial charge in [-0.15, -0.1) is 0 Å². The van der Waals surface area contributed by atoms with Crippen LogP contribution >= 0.6 is 15.9 Å². The zero-order valence-corrected chi connectivity index (χ0v) is 12.3. The van der Waals surface area contributed by atoms with Gasteiger partial charge >= 0.3 is 0 Å². The van der Waals surface area contributed by atoms with Crippen LogP contribution in [0.15, 0.2) is 22.7 Å². The first-order valence-electron chi connectivity index (χ1n) is 5.36. The van der Waals surface area contributed by atoms with Crippen LogP contribution in [0.5, 0.6) is 0 Å². The Balaban J connectivity index is 2.70. The SMILES string of the molecule is CC(CO)CNS(=O)(=O)Cc1ccc(F)cc1Br. The Labute approximate surface area is 114 Å². The average Bonchev–Trinajstić information content (AvgIpc) is 2.30. The molecular weight excluding hydrogens is 325 g/mol. The summed E-state index contributed by atoms with van der Waals surface area (Å²) in [5.41, 5.74) is 0.487. The normalized spacial score (nSPS) is 13.6. The van der Waals surface area contributed by atoms with E-state index in [2.05, 4.69) is 20.7 Å². The molecule has 0 saturated carbocycles. The highest BCUT2D eigenvalue weighted by molar-refractivity contribution is 9.10. The Morgan fingerprint density at radius 1 is 1.50 bits per heavy atom. The number of hydrogen-bond acceptors (Lipinski definition) is 3.